The Morgan fingerprint density at radius 2 is 1.81 bits per heavy atom. The molecule has 0 radical (unpaired) electrons. The summed E-state index contributed by atoms with van der Waals surface area (Å²) in [5.74, 6) is -0.274. The van der Waals surface area contributed by atoms with E-state index in [1.807, 2.05) is 30.3 Å². The number of anilines is 3. The van der Waals surface area contributed by atoms with E-state index in [1.54, 1.807) is 36.5 Å². The first kappa shape index (κ1) is 17.2. The number of rotatable bonds is 5. The van der Waals surface area contributed by atoms with Crippen molar-refractivity contribution in [3.8, 4) is 6.07 Å². The lowest BCUT2D eigenvalue weighted by atomic mass is 10.1. The summed E-state index contributed by atoms with van der Waals surface area (Å²) >= 11 is 0. The van der Waals surface area contributed by atoms with Gasteiger partial charge in [-0.1, -0.05) is 25.1 Å². The standard InChI is InChI=1S/C21H18N4O/c1-2-15-6-8-17(9-7-15)25-21(26)20-13-19(10-11-23-20)24-18-5-3-4-16(12-18)14-22/h3-13H,2H2,1H3,(H,23,24)(H,25,26). The molecular formula is C21H18N4O. The molecule has 0 spiro atoms. The van der Waals surface area contributed by atoms with Crippen molar-refractivity contribution >= 4 is 23.0 Å². The predicted molar refractivity (Wildman–Crippen MR) is 102 cm³/mol. The monoisotopic (exact) mass is 342 g/mol. The predicted octanol–water partition coefficient (Wildman–Crippen LogP) is 4.51. The van der Waals surface area contributed by atoms with Crippen molar-refractivity contribution in [3.63, 3.8) is 0 Å². The second kappa shape index (κ2) is 7.95. The van der Waals surface area contributed by atoms with E-state index in [0.717, 1.165) is 23.5 Å². The lowest BCUT2D eigenvalue weighted by Gasteiger charge is -2.09. The number of aromatic nitrogens is 1. The van der Waals surface area contributed by atoms with Crippen LogP contribution in [0.3, 0.4) is 0 Å². The number of benzene rings is 2. The molecule has 5 nitrogen and oxygen atoms in total. The van der Waals surface area contributed by atoms with Gasteiger partial charge in [0.2, 0.25) is 0 Å². The van der Waals surface area contributed by atoms with Crippen molar-refractivity contribution in [2.24, 2.45) is 0 Å². The van der Waals surface area contributed by atoms with Crippen LogP contribution in [0.25, 0.3) is 0 Å². The van der Waals surface area contributed by atoms with Crippen LogP contribution in [0.2, 0.25) is 0 Å². The summed E-state index contributed by atoms with van der Waals surface area (Å²) in [4.78, 5) is 16.6. The highest BCUT2D eigenvalue weighted by Crippen LogP contribution is 2.18. The quantitative estimate of drug-likeness (QED) is 0.715. The maximum Gasteiger partial charge on any atom is 0.274 e. The van der Waals surface area contributed by atoms with Crippen LogP contribution in [0.15, 0.2) is 66.9 Å². The zero-order valence-corrected chi connectivity index (χ0v) is 14.4. The Bertz CT molecular complexity index is 958. The molecule has 128 valence electrons. The molecule has 2 N–H and O–H groups in total. The van der Waals surface area contributed by atoms with Gasteiger partial charge < -0.3 is 10.6 Å². The van der Waals surface area contributed by atoms with E-state index in [4.69, 9.17) is 5.26 Å². The number of amides is 1. The number of hydrogen-bond donors (Lipinski definition) is 2. The Morgan fingerprint density at radius 1 is 1.04 bits per heavy atom. The summed E-state index contributed by atoms with van der Waals surface area (Å²) in [7, 11) is 0. The van der Waals surface area contributed by atoms with Gasteiger partial charge in [-0.15, -0.1) is 0 Å². The maximum atomic E-state index is 12.4. The number of nitriles is 1. The van der Waals surface area contributed by atoms with E-state index in [1.165, 1.54) is 5.56 Å². The molecule has 2 aromatic carbocycles. The average Bonchev–Trinajstić information content (AvgIpc) is 2.69. The first-order valence-electron chi connectivity index (χ1n) is 8.31. The Hall–Kier alpha value is -3.65. The van der Waals surface area contributed by atoms with Crippen LogP contribution < -0.4 is 10.6 Å². The molecule has 26 heavy (non-hydrogen) atoms. The molecule has 3 rings (SSSR count). The van der Waals surface area contributed by atoms with Crippen molar-refractivity contribution < 1.29 is 4.79 Å². The minimum Gasteiger partial charge on any atom is -0.355 e. The third kappa shape index (κ3) is 4.25. The molecular weight excluding hydrogens is 324 g/mol. The van der Waals surface area contributed by atoms with E-state index in [2.05, 4.69) is 28.6 Å². The Labute approximate surface area is 152 Å². The molecule has 0 saturated carbocycles. The van der Waals surface area contributed by atoms with Gasteiger partial charge in [0.15, 0.2) is 0 Å². The number of carbonyl (C=O) groups excluding carboxylic acids is 1. The minimum absolute atomic E-state index is 0.274. The van der Waals surface area contributed by atoms with Gasteiger partial charge in [-0.3, -0.25) is 9.78 Å². The highest BCUT2D eigenvalue weighted by atomic mass is 16.1. The fraction of sp³-hybridized carbons (Fsp3) is 0.0952. The number of nitrogens with zero attached hydrogens (tertiary/aromatic N) is 2. The lowest BCUT2D eigenvalue weighted by Crippen LogP contribution is -2.13. The van der Waals surface area contributed by atoms with Crippen molar-refractivity contribution in [2.75, 3.05) is 10.6 Å². The molecule has 1 heterocycles. The minimum atomic E-state index is -0.274. The Balaban J connectivity index is 1.73. The first-order valence-corrected chi connectivity index (χ1v) is 8.31. The van der Waals surface area contributed by atoms with Crippen LogP contribution in [-0.2, 0) is 6.42 Å². The van der Waals surface area contributed by atoms with Crippen molar-refractivity contribution in [1.82, 2.24) is 4.98 Å². The topological polar surface area (TPSA) is 77.8 Å². The van der Waals surface area contributed by atoms with Gasteiger partial charge in [0.05, 0.1) is 11.6 Å². The molecule has 0 saturated heterocycles. The summed E-state index contributed by atoms with van der Waals surface area (Å²) < 4.78 is 0. The van der Waals surface area contributed by atoms with Gasteiger partial charge in [0, 0.05) is 23.3 Å². The van der Waals surface area contributed by atoms with Gasteiger partial charge >= 0.3 is 0 Å². The summed E-state index contributed by atoms with van der Waals surface area (Å²) in [6, 6.07) is 20.4. The summed E-state index contributed by atoms with van der Waals surface area (Å²) in [5.41, 5.74) is 4.32. The van der Waals surface area contributed by atoms with E-state index in [-0.39, 0.29) is 5.91 Å². The van der Waals surface area contributed by atoms with Crippen LogP contribution in [0.1, 0.15) is 28.5 Å². The molecule has 0 fully saturated rings. The van der Waals surface area contributed by atoms with E-state index in [9.17, 15) is 4.79 Å². The van der Waals surface area contributed by atoms with Gasteiger partial charge in [0.25, 0.3) is 5.91 Å². The van der Waals surface area contributed by atoms with Crippen molar-refractivity contribution in [2.45, 2.75) is 13.3 Å². The third-order valence-electron chi connectivity index (χ3n) is 3.89. The Morgan fingerprint density at radius 3 is 2.54 bits per heavy atom. The normalized spacial score (nSPS) is 10.0. The summed E-state index contributed by atoms with van der Waals surface area (Å²) in [6.07, 6.45) is 2.53. The zero-order chi connectivity index (χ0) is 18.4. The fourth-order valence-corrected chi connectivity index (χ4v) is 2.48. The van der Waals surface area contributed by atoms with Gasteiger partial charge in [-0.25, -0.2) is 0 Å². The lowest BCUT2D eigenvalue weighted by molar-refractivity contribution is 0.102. The summed E-state index contributed by atoms with van der Waals surface area (Å²) in [5, 5.41) is 15.0. The van der Waals surface area contributed by atoms with Crippen LogP contribution in [-0.4, -0.2) is 10.9 Å². The number of nitrogens with one attached hydrogen (secondary N) is 2. The van der Waals surface area contributed by atoms with E-state index < -0.39 is 0 Å². The SMILES string of the molecule is CCc1ccc(NC(=O)c2cc(Nc3cccc(C#N)c3)ccn2)cc1. The van der Waals surface area contributed by atoms with Crippen molar-refractivity contribution in [3.05, 3.63) is 83.7 Å². The van der Waals surface area contributed by atoms with E-state index in [0.29, 0.717) is 11.3 Å². The van der Waals surface area contributed by atoms with E-state index >= 15 is 0 Å². The smallest absolute Gasteiger partial charge is 0.274 e. The molecule has 0 unspecified atom stereocenters. The Kier molecular flexibility index (Phi) is 5.25. The number of carbonyl (C=O) groups is 1. The molecule has 1 amide bonds. The second-order valence-electron chi connectivity index (χ2n) is 5.75. The molecule has 5 heteroatoms. The molecule has 3 aromatic rings. The van der Waals surface area contributed by atoms with Crippen LogP contribution in [0.5, 0.6) is 0 Å². The van der Waals surface area contributed by atoms with Crippen molar-refractivity contribution in [1.29, 1.82) is 5.26 Å². The van der Waals surface area contributed by atoms with Gasteiger partial charge in [-0.05, 0) is 54.4 Å². The molecule has 0 bridgehead atoms. The highest BCUT2D eigenvalue weighted by Gasteiger charge is 2.09. The molecule has 0 aliphatic heterocycles. The fourth-order valence-electron chi connectivity index (χ4n) is 2.48. The molecule has 0 atom stereocenters. The van der Waals surface area contributed by atoms with Crippen LogP contribution >= 0.6 is 0 Å². The third-order valence-corrected chi connectivity index (χ3v) is 3.89. The molecule has 0 aliphatic rings. The largest absolute Gasteiger partial charge is 0.355 e. The summed E-state index contributed by atoms with van der Waals surface area (Å²) in [6.45, 7) is 2.09. The maximum absolute atomic E-state index is 12.4. The second-order valence-corrected chi connectivity index (χ2v) is 5.75. The number of hydrogen-bond acceptors (Lipinski definition) is 4. The van der Waals surface area contributed by atoms with Crippen LogP contribution in [0, 0.1) is 11.3 Å². The molecule has 0 aliphatic carbocycles. The number of aryl methyl sites for hydroxylation is 1. The number of pyridine rings is 1. The average molecular weight is 342 g/mol. The molecule has 1 aromatic heterocycles. The van der Waals surface area contributed by atoms with Crippen LogP contribution in [0.4, 0.5) is 17.1 Å². The first-order chi connectivity index (χ1) is 12.7. The van der Waals surface area contributed by atoms with Gasteiger partial charge in [0.1, 0.15) is 5.69 Å². The highest BCUT2D eigenvalue weighted by molar-refractivity contribution is 6.03. The zero-order valence-electron chi connectivity index (χ0n) is 14.4. The van der Waals surface area contributed by atoms with Gasteiger partial charge in [-0.2, -0.15) is 5.26 Å².